The van der Waals surface area contributed by atoms with Crippen LogP contribution < -0.4 is 16.8 Å². The highest BCUT2D eigenvalue weighted by atomic mass is 19.1. The van der Waals surface area contributed by atoms with Gasteiger partial charge < -0.3 is 16.4 Å². The first-order valence-electron chi connectivity index (χ1n) is 8.64. The van der Waals surface area contributed by atoms with E-state index < -0.39 is 17.7 Å². The molecule has 1 aromatic carbocycles. The second kappa shape index (κ2) is 8.03. The third-order valence-corrected chi connectivity index (χ3v) is 4.21. The molecule has 28 heavy (non-hydrogen) atoms. The van der Waals surface area contributed by atoms with Gasteiger partial charge in [0, 0.05) is 35.7 Å². The molecule has 0 bridgehead atoms. The summed E-state index contributed by atoms with van der Waals surface area (Å²) in [5.74, 6) is -1.36. The van der Waals surface area contributed by atoms with Crippen molar-refractivity contribution in [2.75, 3.05) is 30.7 Å². The van der Waals surface area contributed by atoms with Gasteiger partial charge in [0.25, 0.3) is 0 Å². The number of aromatic nitrogens is 1. The lowest BCUT2D eigenvalue weighted by atomic mass is 10.1. The molecule has 0 aliphatic carbocycles. The van der Waals surface area contributed by atoms with Crippen molar-refractivity contribution in [1.29, 1.82) is 0 Å². The van der Waals surface area contributed by atoms with Gasteiger partial charge in [0.2, 0.25) is 0 Å². The van der Waals surface area contributed by atoms with E-state index in [-0.39, 0.29) is 29.3 Å². The summed E-state index contributed by atoms with van der Waals surface area (Å²) in [5.41, 5.74) is 13.7. The summed E-state index contributed by atoms with van der Waals surface area (Å²) in [6.07, 6.45) is 1.66. The summed E-state index contributed by atoms with van der Waals surface area (Å²) in [6.45, 7) is 3.09. The Morgan fingerprint density at radius 3 is 2.79 bits per heavy atom. The first-order chi connectivity index (χ1) is 13.4. The van der Waals surface area contributed by atoms with Crippen molar-refractivity contribution in [2.24, 2.45) is 10.7 Å². The van der Waals surface area contributed by atoms with Gasteiger partial charge >= 0.3 is 6.03 Å². The minimum Gasteiger partial charge on any atom is -0.400 e. The zero-order chi connectivity index (χ0) is 20.3. The van der Waals surface area contributed by atoms with Gasteiger partial charge in [-0.15, -0.1) is 0 Å². The fourth-order valence-electron chi connectivity index (χ4n) is 2.74. The van der Waals surface area contributed by atoms with Gasteiger partial charge in [-0.3, -0.25) is 10.3 Å². The van der Waals surface area contributed by atoms with Crippen LogP contribution in [0.1, 0.15) is 6.92 Å². The Morgan fingerprint density at radius 1 is 1.29 bits per heavy atom. The molecule has 0 atom stereocenters. The lowest BCUT2D eigenvalue weighted by Crippen LogP contribution is -2.34. The van der Waals surface area contributed by atoms with Gasteiger partial charge in [-0.2, -0.15) is 0 Å². The molecule has 1 aromatic heterocycles. The molecule has 0 saturated heterocycles. The van der Waals surface area contributed by atoms with Crippen molar-refractivity contribution < 1.29 is 13.6 Å². The molecule has 2 heterocycles. The van der Waals surface area contributed by atoms with Crippen LogP contribution in [0.2, 0.25) is 0 Å². The van der Waals surface area contributed by atoms with Crippen LogP contribution in [-0.4, -0.2) is 41.8 Å². The second-order valence-corrected chi connectivity index (χ2v) is 6.22. The zero-order valence-electron chi connectivity index (χ0n) is 15.2. The molecular formula is C19H20F2N6O. The Bertz CT molecular complexity index is 973. The number of hydrogen-bond acceptors (Lipinski definition) is 5. The fraction of sp³-hybridized carbons (Fsp3) is 0.211. The average Bonchev–Trinajstić information content (AvgIpc) is 3.03. The predicted molar refractivity (Wildman–Crippen MR) is 105 cm³/mol. The number of nitrogen functional groups attached to an aromatic ring is 1. The Labute approximate surface area is 160 Å². The van der Waals surface area contributed by atoms with Crippen LogP contribution in [0.25, 0.3) is 11.3 Å². The highest BCUT2D eigenvalue weighted by Crippen LogP contribution is 2.26. The molecule has 0 fully saturated rings. The summed E-state index contributed by atoms with van der Waals surface area (Å²) in [6, 6.07) is 5.72. The van der Waals surface area contributed by atoms with Crippen molar-refractivity contribution in [1.82, 2.24) is 9.88 Å². The number of benzene rings is 1. The summed E-state index contributed by atoms with van der Waals surface area (Å²) in [7, 11) is 0. The van der Waals surface area contributed by atoms with Crippen molar-refractivity contribution >= 4 is 23.8 Å². The van der Waals surface area contributed by atoms with E-state index in [0.29, 0.717) is 18.8 Å². The number of halogens is 2. The van der Waals surface area contributed by atoms with E-state index in [9.17, 15) is 13.6 Å². The van der Waals surface area contributed by atoms with Crippen LogP contribution in [0, 0.1) is 11.6 Å². The van der Waals surface area contributed by atoms with E-state index in [1.165, 1.54) is 23.1 Å². The highest BCUT2D eigenvalue weighted by molar-refractivity contribution is 5.94. The molecule has 1 aliphatic rings. The standard InChI is InChI=1S/C19H20F2N6O/c1-2-24-8-11-9-27(10-16(11)23)19(28)26-18-15(22)5-6-17(25-18)13-4-3-12(20)7-14(13)21/h3-8H,2,9-10,22-23H2,1H3,(H,25,26,28). The maximum absolute atomic E-state index is 14.0. The van der Waals surface area contributed by atoms with Gasteiger partial charge in [-0.1, -0.05) is 0 Å². The van der Waals surface area contributed by atoms with E-state index >= 15 is 0 Å². The minimum atomic E-state index is -0.758. The van der Waals surface area contributed by atoms with Crippen molar-refractivity contribution in [3.63, 3.8) is 0 Å². The van der Waals surface area contributed by atoms with E-state index in [1.807, 2.05) is 6.92 Å². The molecule has 7 nitrogen and oxygen atoms in total. The summed E-state index contributed by atoms with van der Waals surface area (Å²) >= 11 is 0. The third-order valence-electron chi connectivity index (χ3n) is 4.21. The summed E-state index contributed by atoms with van der Waals surface area (Å²) < 4.78 is 27.2. The molecule has 0 radical (unpaired) electrons. The van der Waals surface area contributed by atoms with E-state index in [4.69, 9.17) is 11.5 Å². The molecular weight excluding hydrogens is 366 g/mol. The van der Waals surface area contributed by atoms with Crippen LogP contribution in [0.3, 0.4) is 0 Å². The normalized spacial score (nSPS) is 14.2. The van der Waals surface area contributed by atoms with E-state index in [1.54, 1.807) is 6.21 Å². The molecule has 0 saturated carbocycles. The predicted octanol–water partition coefficient (Wildman–Crippen LogP) is 2.76. The van der Waals surface area contributed by atoms with Gasteiger partial charge in [-0.05, 0) is 31.2 Å². The molecule has 5 N–H and O–H groups in total. The van der Waals surface area contributed by atoms with E-state index in [2.05, 4.69) is 15.3 Å². The number of anilines is 2. The highest BCUT2D eigenvalue weighted by Gasteiger charge is 2.24. The quantitative estimate of drug-likeness (QED) is 0.702. The Balaban J connectivity index is 1.78. The Hall–Kier alpha value is -3.49. The summed E-state index contributed by atoms with van der Waals surface area (Å²) in [5, 5.41) is 2.62. The SMILES string of the molecule is CCN=CC1=C(N)CN(C(=O)Nc2nc(-c3ccc(F)cc3F)ccc2N)C1. The maximum Gasteiger partial charge on any atom is 0.323 e. The molecule has 2 amide bonds. The van der Waals surface area contributed by atoms with Crippen LogP contribution in [0.5, 0.6) is 0 Å². The number of carbonyl (C=O) groups is 1. The molecule has 0 unspecified atom stereocenters. The molecule has 9 heteroatoms. The first kappa shape index (κ1) is 19.3. The second-order valence-electron chi connectivity index (χ2n) is 6.22. The monoisotopic (exact) mass is 386 g/mol. The topological polar surface area (TPSA) is 110 Å². The van der Waals surface area contributed by atoms with Crippen LogP contribution in [-0.2, 0) is 0 Å². The van der Waals surface area contributed by atoms with Gasteiger partial charge in [-0.25, -0.2) is 18.6 Å². The number of nitrogens with zero attached hydrogens (tertiary/aromatic N) is 3. The lowest BCUT2D eigenvalue weighted by molar-refractivity contribution is 0.223. The van der Waals surface area contributed by atoms with Gasteiger partial charge in [0.15, 0.2) is 5.82 Å². The maximum atomic E-state index is 14.0. The van der Waals surface area contributed by atoms with Crippen LogP contribution in [0.4, 0.5) is 25.1 Å². The summed E-state index contributed by atoms with van der Waals surface area (Å²) in [4.78, 5) is 22.4. The fourth-order valence-corrected chi connectivity index (χ4v) is 2.74. The molecule has 146 valence electrons. The number of nitrogens with two attached hydrogens (primary N) is 2. The van der Waals surface area contributed by atoms with Crippen LogP contribution in [0.15, 0.2) is 46.6 Å². The number of nitrogens with one attached hydrogen (secondary N) is 1. The number of hydrogen-bond donors (Lipinski definition) is 3. The number of urea groups is 1. The number of aliphatic imine (C=N–C) groups is 1. The Morgan fingerprint density at radius 2 is 2.07 bits per heavy atom. The number of rotatable bonds is 4. The van der Waals surface area contributed by atoms with E-state index in [0.717, 1.165) is 17.7 Å². The number of carbonyl (C=O) groups excluding carboxylic acids is 1. The molecule has 2 aromatic rings. The largest absolute Gasteiger partial charge is 0.400 e. The van der Waals surface area contributed by atoms with Crippen molar-refractivity contribution in [3.05, 3.63) is 53.2 Å². The number of amides is 2. The Kier molecular flexibility index (Phi) is 5.53. The third kappa shape index (κ3) is 4.08. The lowest BCUT2D eigenvalue weighted by Gasteiger charge is -2.18. The van der Waals surface area contributed by atoms with Gasteiger partial charge in [0.1, 0.15) is 11.6 Å². The minimum absolute atomic E-state index is 0.0838. The average molecular weight is 386 g/mol. The van der Waals surface area contributed by atoms with Crippen LogP contribution >= 0.6 is 0 Å². The molecule has 1 aliphatic heterocycles. The van der Waals surface area contributed by atoms with Crippen molar-refractivity contribution in [3.8, 4) is 11.3 Å². The molecule has 3 rings (SSSR count). The first-order valence-corrected chi connectivity index (χ1v) is 8.64. The van der Waals surface area contributed by atoms with Crippen molar-refractivity contribution in [2.45, 2.75) is 6.92 Å². The smallest absolute Gasteiger partial charge is 0.323 e. The number of pyridine rings is 1. The molecule has 0 spiro atoms. The van der Waals surface area contributed by atoms with Gasteiger partial charge in [0.05, 0.1) is 24.5 Å². The zero-order valence-corrected chi connectivity index (χ0v) is 15.2.